The zero-order valence-corrected chi connectivity index (χ0v) is 24.1. The highest BCUT2D eigenvalue weighted by Gasteiger charge is 2.31. The van der Waals surface area contributed by atoms with Crippen molar-refractivity contribution >= 4 is 39.1 Å². The van der Waals surface area contributed by atoms with Gasteiger partial charge in [0.15, 0.2) is 11.5 Å². The molecule has 1 aliphatic carbocycles. The molecule has 40 heavy (non-hydrogen) atoms. The number of nitrogens with zero attached hydrogens (tertiary/aromatic N) is 4. The van der Waals surface area contributed by atoms with E-state index in [1.165, 1.54) is 20.7 Å². The lowest BCUT2D eigenvalue weighted by molar-refractivity contribution is 0.174. The van der Waals surface area contributed by atoms with Crippen molar-refractivity contribution in [3.05, 3.63) is 64.0 Å². The van der Waals surface area contributed by atoms with Crippen LogP contribution in [0.3, 0.4) is 0 Å². The van der Waals surface area contributed by atoms with Gasteiger partial charge < -0.3 is 19.1 Å². The third kappa shape index (κ3) is 5.76. The largest absolute Gasteiger partial charge is 0.483 e. The van der Waals surface area contributed by atoms with Crippen LogP contribution in [0, 0.1) is 0 Å². The molecule has 2 aliphatic heterocycles. The molecule has 3 aromatic rings. The van der Waals surface area contributed by atoms with Crippen LogP contribution in [0.15, 0.2) is 58.4 Å². The minimum atomic E-state index is -3.51. The number of hydrogen-bond acceptors (Lipinski definition) is 9. The van der Waals surface area contributed by atoms with Gasteiger partial charge in [0, 0.05) is 36.1 Å². The molecule has 0 unspecified atom stereocenters. The van der Waals surface area contributed by atoms with Gasteiger partial charge in [-0.05, 0) is 62.1 Å². The average molecular weight is 605 g/mol. The number of hydrogen-bond donors (Lipinski definition) is 0. The topological polar surface area (TPSA) is 103 Å². The van der Waals surface area contributed by atoms with E-state index >= 15 is 0 Å². The zero-order valence-electron chi connectivity index (χ0n) is 21.7. The Balaban J connectivity index is 1.17. The number of sulfonamides is 1. The molecule has 2 aromatic carbocycles. The second kappa shape index (κ2) is 11.5. The Kier molecular flexibility index (Phi) is 7.84. The number of benzene rings is 2. The van der Waals surface area contributed by atoms with Gasteiger partial charge in [-0.15, -0.1) is 11.8 Å². The molecule has 0 atom stereocenters. The van der Waals surface area contributed by atoms with Crippen LogP contribution in [0.25, 0.3) is 5.69 Å². The van der Waals surface area contributed by atoms with Gasteiger partial charge in [-0.1, -0.05) is 17.7 Å². The van der Waals surface area contributed by atoms with Crippen molar-refractivity contribution < 1.29 is 22.6 Å². The van der Waals surface area contributed by atoms with Crippen LogP contribution in [0.5, 0.6) is 17.2 Å². The summed E-state index contributed by atoms with van der Waals surface area (Å²) in [7, 11) is -3.51. The number of piperazine rings is 1. The van der Waals surface area contributed by atoms with Crippen LogP contribution >= 0.6 is 23.4 Å². The highest BCUT2D eigenvalue weighted by molar-refractivity contribution is 8.11. The predicted octanol–water partition coefficient (Wildman–Crippen LogP) is 4.14. The number of anilines is 1. The maximum Gasteiger partial charge on any atom is 0.316 e. The summed E-state index contributed by atoms with van der Waals surface area (Å²) < 4.78 is 46.1. The van der Waals surface area contributed by atoms with Crippen molar-refractivity contribution in [2.24, 2.45) is 0 Å². The minimum Gasteiger partial charge on any atom is -0.483 e. The monoisotopic (exact) mass is 604 g/mol. The van der Waals surface area contributed by atoms with E-state index in [0.29, 0.717) is 54.1 Å². The predicted molar refractivity (Wildman–Crippen MR) is 154 cm³/mol. The van der Waals surface area contributed by atoms with E-state index in [0.717, 1.165) is 30.6 Å². The fraction of sp³-hybridized carbons (Fsp3) is 0.407. The van der Waals surface area contributed by atoms with Gasteiger partial charge in [0.05, 0.1) is 18.0 Å². The molecule has 1 saturated carbocycles. The quantitative estimate of drug-likeness (QED) is 0.351. The summed E-state index contributed by atoms with van der Waals surface area (Å²) in [4.78, 5) is 16.4. The number of fused-ring (bicyclic) bond motifs is 1. The van der Waals surface area contributed by atoms with Crippen molar-refractivity contribution in [2.75, 3.05) is 43.0 Å². The van der Waals surface area contributed by atoms with E-state index in [4.69, 9.17) is 25.8 Å². The maximum atomic E-state index is 13.6. The molecule has 0 radical (unpaired) electrons. The van der Waals surface area contributed by atoms with E-state index in [2.05, 4.69) is 5.10 Å². The lowest BCUT2D eigenvalue weighted by Gasteiger charge is -2.36. The fourth-order valence-corrected chi connectivity index (χ4v) is 8.12. The van der Waals surface area contributed by atoms with Gasteiger partial charge >= 0.3 is 5.56 Å². The average Bonchev–Trinajstić information content (AvgIpc) is 3.65. The molecular formula is C27H29ClN4O6S2. The van der Waals surface area contributed by atoms with Crippen molar-refractivity contribution in [3.63, 3.8) is 0 Å². The molecule has 1 aromatic heterocycles. The molecule has 0 N–H and O–H groups in total. The number of halogens is 1. The van der Waals surface area contributed by atoms with Crippen LogP contribution in [0.4, 0.5) is 5.69 Å². The lowest BCUT2D eigenvalue weighted by atomic mass is 10.2. The molecule has 13 heteroatoms. The number of aromatic nitrogens is 2. The van der Waals surface area contributed by atoms with Gasteiger partial charge in [-0.3, -0.25) is 4.79 Å². The molecule has 212 valence electrons. The molecule has 6 rings (SSSR count). The van der Waals surface area contributed by atoms with Gasteiger partial charge in [-0.2, -0.15) is 14.1 Å². The number of thioether (sulfide) groups is 1. The Bertz CT molecular complexity index is 1550. The molecule has 0 amide bonds. The first-order valence-corrected chi connectivity index (χ1v) is 16.1. The van der Waals surface area contributed by atoms with Crippen molar-refractivity contribution in [3.8, 4) is 22.9 Å². The van der Waals surface area contributed by atoms with Crippen LogP contribution in [0.2, 0.25) is 5.02 Å². The molecular weight excluding hydrogens is 576 g/mol. The van der Waals surface area contributed by atoms with Crippen LogP contribution in [0.1, 0.15) is 25.7 Å². The molecule has 10 nitrogen and oxygen atoms in total. The van der Waals surface area contributed by atoms with Gasteiger partial charge in [0.25, 0.3) is 0 Å². The molecule has 0 bridgehead atoms. The second-order valence-electron chi connectivity index (χ2n) is 9.86. The fourth-order valence-electron chi connectivity index (χ4n) is 5.12. The maximum absolute atomic E-state index is 13.6. The molecule has 3 heterocycles. The summed E-state index contributed by atoms with van der Waals surface area (Å²) in [5, 5.41) is 4.84. The Morgan fingerprint density at radius 2 is 1.80 bits per heavy atom. The summed E-state index contributed by atoms with van der Waals surface area (Å²) in [6.45, 7) is 1.59. The van der Waals surface area contributed by atoms with E-state index in [9.17, 15) is 13.2 Å². The van der Waals surface area contributed by atoms with Crippen LogP contribution < -0.4 is 24.7 Å². The second-order valence-corrected chi connectivity index (χ2v) is 13.7. The van der Waals surface area contributed by atoms with Crippen molar-refractivity contribution in [1.29, 1.82) is 0 Å². The summed E-state index contributed by atoms with van der Waals surface area (Å²) in [6.07, 6.45) is 5.52. The molecule has 3 aliphatic rings. The molecule has 0 spiro atoms. The first-order chi connectivity index (χ1) is 19.4. The highest BCUT2D eigenvalue weighted by atomic mass is 35.5. The van der Waals surface area contributed by atoms with Crippen molar-refractivity contribution in [1.82, 2.24) is 14.1 Å². The summed E-state index contributed by atoms with van der Waals surface area (Å²) in [6, 6.07) is 12.4. The van der Waals surface area contributed by atoms with E-state index in [1.54, 1.807) is 42.6 Å². The Hall–Kier alpha value is -2.93. The standard InChI is InChI=1S/C27H29ClN4O6S2/c28-19-4-3-5-20(14-19)32-27(33)26(38-21-6-1-2-7-21)23(16-29-32)30-10-12-31(13-11-30)40(34,35)18-39-22-8-9-24-25(15-22)37-17-36-24/h3-5,8-9,14-16,21H,1-2,6-7,10-13,17-18H2. The zero-order chi connectivity index (χ0) is 27.7. The lowest BCUT2D eigenvalue weighted by Crippen LogP contribution is -2.49. The normalized spacial score (nSPS) is 17.9. The Morgan fingerprint density at radius 3 is 2.58 bits per heavy atom. The summed E-state index contributed by atoms with van der Waals surface area (Å²) >= 11 is 7.40. The molecule has 2 fully saturated rings. The third-order valence-corrected chi connectivity index (χ3v) is 10.9. The van der Waals surface area contributed by atoms with E-state index < -0.39 is 10.0 Å². The van der Waals surface area contributed by atoms with Crippen molar-refractivity contribution in [2.45, 2.75) is 36.7 Å². The van der Waals surface area contributed by atoms with Crippen LogP contribution in [-0.4, -0.2) is 66.7 Å². The molecule has 1 saturated heterocycles. The number of ether oxygens (including phenoxy) is 3. The first kappa shape index (κ1) is 27.3. The summed E-state index contributed by atoms with van der Waals surface area (Å²) in [5.41, 5.74) is 0.778. The SMILES string of the molecule is O=c1c(OC2CCCC2)c(N2CCN(S(=O)(=O)CSc3ccc4c(c3)OCO4)CC2)cnn1-c1cccc(Cl)c1. The highest BCUT2D eigenvalue weighted by Crippen LogP contribution is 2.36. The van der Waals surface area contributed by atoms with Gasteiger partial charge in [0.1, 0.15) is 10.8 Å². The Morgan fingerprint density at radius 1 is 1.02 bits per heavy atom. The first-order valence-electron chi connectivity index (χ1n) is 13.2. The van der Waals surface area contributed by atoms with Gasteiger partial charge in [0.2, 0.25) is 22.6 Å². The van der Waals surface area contributed by atoms with E-state index in [-0.39, 0.29) is 29.3 Å². The van der Waals surface area contributed by atoms with Gasteiger partial charge in [-0.25, -0.2) is 8.42 Å². The summed E-state index contributed by atoms with van der Waals surface area (Å²) in [5.74, 6) is 1.53. The number of rotatable bonds is 8. The van der Waals surface area contributed by atoms with Crippen LogP contribution in [-0.2, 0) is 10.0 Å². The Labute approximate surface area is 241 Å². The van der Waals surface area contributed by atoms with E-state index in [1.807, 2.05) is 11.0 Å². The third-order valence-electron chi connectivity index (χ3n) is 7.25. The minimum absolute atomic E-state index is 0.0310. The smallest absolute Gasteiger partial charge is 0.316 e.